The molecule has 1 aromatic carbocycles. The Balaban J connectivity index is 2.14. The topological polar surface area (TPSA) is 64.4 Å². The third-order valence-corrected chi connectivity index (χ3v) is 2.74. The minimum atomic E-state index is -0.512. The number of benzene rings is 1. The SMILES string of the molecule is CC(=O)OC(C)c1cn(Cc2ccccc2)nc1O. The van der Waals surface area contributed by atoms with E-state index in [0.717, 1.165) is 5.56 Å². The van der Waals surface area contributed by atoms with Gasteiger partial charge in [-0.15, -0.1) is 5.10 Å². The van der Waals surface area contributed by atoms with Crippen molar-refractivity contribution in [2.24, 2.45) is 0 Å². The number of aromatic nitrogens is 2. The number of carbonyl (C=O) groups is 1. The molecule has 1 unspecified atom stereocenters. The van der Waals surface area contributed by atoms with E-state index in [1.165, 1.54) is 6.92 Å². The van der Waals surface area contributed by atoms with Gasteiger partial charge >= 0.3 is 5.97 Å². The van der Waals surface area contributed by atoms with Crippen LogP contribution in [-0.2, 0) is 16.1 Å². The van der Waals surface area contributed by atoms with Gasteiger partial charge in [0, 0.05) is 13.1 Å². The number of hydrogen-bond acceptors (Lipinski definition) is 4. The van der Waals surface area contributed by atoms with Crippen molar-refractivity contribution in [1.29, 1.82) is 0 Å². The molecule has 0 amide bonds. The van der Waals surface area contributed by atoms with Gasteiger partial charge in [-0.2, -0.15) is 0 Å². The smallest absolute Gasteiger partial charge is 0.303 e. The van der Waals surface area contributed by atoms with Gasteiger partial charge < -0.3 is 9.84 Å². The van der Waals surface area contributed by atoms with Crippen molar-refractivity contribution < 1.29 is 14.6 Å². The predicted molar refractivity (Wildman–Crippen MR) is 69.6 cm³/mol. The molecule has 0 aliphatic carbocycles. The summed E-state index contributed by atoms with van der Waals surface area (Å²) < 4.78 is 6.65. The normalized spacial score (nSPS) is 12.1. The second-order valence-electron chi connectivity index (χ2n) is 4.34. The fraction of sp³-hybridized carbons (Fsp3) is 0.286. The van der Waals surface area contributed by atoms with Crippen LogP contribution in [0.5, 0.6) is 5.88 Å². The molecular weight excluding hydrogens is 244 g/mol. The van der Waals surface area contributed by atoms with Crippen LogP contribution in [0.15, 0.2) is 36.5 Å². The third-order valence-electron chi connectivity index (χ3n) is 2.74. The van der Waals surface area contributed by atoms with Crippen LogP contribution < -0.4 is 0 Å². The van der Waals surface area contributed by atoms with E-state index in [-0.39, 0.29) is 11.8 Å². The molecule has 0 fully saturated rings. The zero-order valence-electron chi connectivity index (χ0n) is 10.9. The molecule has 0 aliphatic rings. The Morgan fingerprint density at radius 2 is 2.11 bits per heavy atom. The van der Waals surface area contributed by atoms with Crippen LogP contribution in [0, 0.1) is 0 Å². The number of aromatic hydroxyl groups is 1. The van der Waals surface area contributed by atoms with Gasteiger partial charge in [-0.05, 0) is 12.5 Å². The highest BCUT2D eigenvalue weighted by molar-refractivity contribution is 5.66. The van der Waals surface area contributed by atoms with E-state index < -0.39 is 6.10 Å². The van der Waals surface area contributed by atoms with Gasteiger partial charge in [-0.25, -0.2) is 0 Å². The summed E-state index contributed by atoms with van der Waals surface area (Å²) in [5.41, 5.74) is 1.59. The number of hydrogen-bond donors (Lipinski definition) is 1. The molecule has 0 radical (unpaired) electrons. The molecule has 1 atom stereocenters. The Hall–Kier alpha value is -2.30. The predicted octanol–water partition coefficient (Wildman–Crippen LogP) is 2.26. The summed E-state index contributed by atoms with van der Waals surface area (Å²) in [4.78, 5) is 10.9. The van der Waals surface area contributed by atoms with Crippen LogP contribution in [0.2, 0.25) is 0 Å². The van der Waals surface area contributed by atoms with Gasteiger partial charge in [0.05, 0.1) is 12.1 Å². The molecule has 0 bridgehead atoms. The Labute approximate surface area is 111 Å². The maximum Gasteiger partial charge on any atom is 0.303 e. The minimum Gasteiger partial charge on any atom is -0.492 e. The molecule has 100 valence electrons. The molecule has 0 spiro atoms. The van der Waals surface area contributed by atoms with Gasteiger partial charge in [0.2, 0.25) is 5.88 Å². The highest BCUT2D eigenvalue weighted by atomic mass is 16.5. The molecule has 19 heavy (non-hydrogen) atoms. The van der Waals surface area contributed by atoms with E-state index in [9.17, 15) is 9.90 Å². The summed E-state index contributed by atoms with van der Waals surface area (Å²) >= 11 is 0. The molecule has 5 nitrogen and oxygen atoms in total. The van der Waals surface area contributed by atoms with E-state index in [0.29, 0.717) is 12.1 Å². The fourth-order valence-electron chi connectivity index (χ4n) is 1.88. The highest BCUT2D eigenvalue weighted by Gasteiger charge is 2.17. The maximum absolute atomic E-state index is 10.9. The lowest BCUT2D eigenvalue weighted by molar-refractivity contribution is -0.145. The van der Waals surface area contributed by atoms with Crippen molar-refractivity contribution in [2.45, 2.75) is 26.5 Å². The zero-order chi connectivity index (χ0) is 13.8. The van der Waals surface area contributed by atoms with Crippen molar-refractivity contribution in [3.63, 3.8) is 0 Å². The highest BCUT2D eigenvalue weighted by Crippen LogP contribution is 2.25. The first kappa shape index (κ1) is 13.1. The molecule has 1 aromatic heterocycles. The van der Waals surface area contributed by atoms with Crippen molar-refractivity contribution in [1.82, 2.24) is 9.78 Å². The molecule has 0 saturated heterocycles. The molecule has 0 saturated carbocycles. The molecule has 1 heterocycles. The van der Waals surface area contributed by atoms with Gasteiger partial charge in [0.15, 0.2) is 0 Å². The first-order valence-electron chi connectivity index (χ1n) is 6.03. The number of nitrogens with zero attached hydrogens (tertiary/aromatic N) is 2. The Morgan fingerprint density at radius 3 is 2.74 bits per heavy atom. The molecule has 2 rings (SSSR count). The first-order valence-corrected chi connectivity index (χ1v) is 6.03. The lowest BCUT2D eigenvalue weighted by Crippen LogP contribution is -2.04. The summed E-state index contributed by atoms with van der Waals surface area (Å²) in [6, 6.07) is 9.79. The standard InChI is InChI=1S/C14H16N2O3/c1-10(19-11(2)17)13-9-16(15-14(13)18)8-12-6-4-3-5-7-12/h3-7,9-10H,8H2,1-2H3,(H,15,18). The van der Waals surface area contributed by atoms with E-state index >= 15 is 0 Å². The number of esters is 1. The monoisotopic (exact) mass is 260 g/mol. The lowest BCUT2D eigenvalue weighted by atomic mass is 10.2. The third kappa shape index (κ3) is 3.34. The quantitative estimate of drug-likeness (QED) is 0.856. The van der Waals surface area contributed by atoms with Crippen LogP contribution >= 0.6 is 0 Å². The average Bonchev–Trinajstić information content (AvgIpc) is 2.70. The Morgan fingerprint density at radius 1 is 1.42 bits per heavy atom. The van der Waals surface area contributed by atoms with E-state index in [1.54, 1.807) is 17.8 Å². The largest absolute Gasteiger partial charge is 0.492 e. The Kier molecular flexibility index (Phi) is 3.85. The van der Waals surface area contributed by atoms with Gasteiger partial charge in [0.25, 0.3) is 0 Å². The number of carbonyl (C=O) groups excluding carboxylic acids is 1. The second kappa shape index (κ2) is 5.56. The number of ether oxygens (including phenoxy) is 1. The van der Waals surface area contributed by atoms with E-state index in [4.69, 9.17) is 4.74 Å². The zero-order valence-corrected chi connectivity index (χ0v) is 10.9. The van der Waals surface area contributed by atoms with Gasteiger partial charge in [0.1, 0.15) is 6.10 Å². The summed E-state index contributed by atoms with van der Waals surface area (Å²) in [7, 11) is 0. The number of rotatable bonds is 4. The van der Waals surface area contributed by atoms with Crippen LogP contribution in [0.25, 0.3) is 0 Å². The molecule has 2 aromatic rings. The van der Waals surface area contributed by atoms with Gasteiger partial charge in [-0.3, -0.25) is 9.48 Å². The summed E-state index contributed by atoms with van der Waals surface area (Å²) in [6.45, 7) is 3.59. The summed E-state index contributed by atoms with van der Waals surface area (Å²) in [5.74, 6) is -0.493. The maximum atomic E-state index is 10.9. The van der Waals surface area contributed by atoms with E-state index in [2.05, 4.69) is 5.10 Å². The van der Waals surface area contributed by atoms with Crippen molar-refractivity contribution in [2.75, 3.05) is 0 Å². The van der Waals surface area contributed by atoms with E-state index in [1.807, 2.05) is 30.3 Å². The van der Waals surface area contributed by atoms with Crippen LogP contribution in [0.3, 0.4) is 0 Å². The molecule has 1 N–H and O–H groups in total. The second-order valence-corrected chi connectivity index (χ2v) is 4.34. The molecular formula is C14H16N2O3. The van der Waals surface area contributed by atoms with Crippen molar-refractivity contribution >= 4 is 5.97 Å². The summed E-state index contributed by atoms with van der Waals surface area (Å²) in [6.07, 6.45) is 1.18. The van der Waals surface area contributed by atoms with Crippen LogP contribution in [0.4, 0.5) is 0 Å². The summed E-state index contributed by atoms with van der Waals surface area (Å²) in [5, 5.41) is 13.8. The van der Waals surface area contributed by atoms with Crippen molar-refractivity contribution in [3.05, 3.63) is 47.7 Å². The van der Waals surface area contributed by atoms with Crippen molar-refractivity contribution in [3.8, 4) is 5.88 Å². The molecule has 0 aliphatic heterocycles. The first-order chi connectivity index (χ1) is 9.06. The average molecular weight is 260 g/mol. The molecule has 5 heteroatoms. The Bertz CT molecular complexity index is 563. The van der Waals surface area contributed by atoms with Crippen LogP contribution in [-0.4, -0.2) is 20.9 Å². The van der Waals surface area contributed by atoms with Crippen LogP contribution in [0.1, 0.15) is 31.1 Å². The van der Waals surface area contributed by atoms with Gasteiger partial charge in [-0.1, -0.05) is 30.3 Å². The lowest BCUT2D eigenvalue weighted by Gasteiger charge is -2.09. The fourth-order valence-corrected chi connectivity index (χ4v) is 1.88. The minimum absolute atomic E-state index is 0.107.